The summed E-state index contributed by atoms with van der Waals surface area (Å²) >= 11 is 0. The van der Waals surface area contributed by atoms with Gasteiger partial charge in [-0.15, -0.1) is 0 Å². The van der Waals surface area contributed by atoms with Gasteiger partial charge in [-0.2, -0.15) is 0 Å². The van der Waals surface area contributed by atoms with Crippen LogP contribution >= 0.6 is 0 Å². The zero-order chi connectivity index (χ0) is 14.8. The number of β-amino-alcohol motifs (C(OH)–C–C–N with tert-alkyl or cyclic N) is 1. The first kappa shape index (κ1) is 13.8. The number of hydrogen-bond acceptors (Lipinski definition) is 5. The van der Waals surface area contributed by atoms with Gasteiger partial charge < -0.3 is 14.7 Å². The summed E-state index contributed by atoms with van der Waals surface area (Å²) in [6, 6.07) is 6.23. The van der Waals surface area contributed by atoms with E-state index in [9.17, 15) is 9.50 Å². The van der Waals surface area contributed by atoms with Crippen LogP contribution in [0.5, 0.6) is 5.75 Å². The Hall–Kier alpha value is -2.21. The van der Waals surface area contributed by atoms with Crippen molar-refractivity contribution in [2.45, 2.75) is 12.5 Å². The number of anilines is 1. The molecule has 6 heteroatoms. The molecule has 1 aliphatic rings. The van der Waals surface area contributed by atoms with Crippen LogP contribution in [0.4, 0.5) is 10.2 Å². The summed E-state index contributed by atoms with van der Waals surface area (Å²) in [6.45, 7) is 1.27. The van der Waals surface area contributed by atoms with Gasteiger partial charge in [0.1, 0.15) is 17.4 Å². The van der Waals surface area contributed by atoms with Crippen LogP contribution in [0.3, 0.4) is 0 Å². The molecule has 3 rings (SSSR count). The first-order valence-electron chi connectivity index (χ1n) is 6.77. The summed E-state index contributed by atoms with van der Waals surface area (Å²) in [6.07, 6.45) is 1.98. The van der Waals surface area contributed by atoms with Gasteiger partial charge in [-0.25, -0.2) is 14.4 Å². The van der Waals surface area contributed by atoms with Gasteiger partial charge in [-0.05, 0) is 30.7 Å². The summed E-state index contributed by atoms with van der Waals surface area (Å²) in [7, 11) is 1.53. The maximum atomic E-state index is 14.0. The van der Waals surface area contributed by atoms with Crippen molar-refractivity contribution in [2.75, 3.05) is 25.1 Å². The molecule has 0 radical (unpaired) electrons. The largest absolute Gasteiger partial charge is 0.497 e. The lowest BCUT2D eigenvalue weighted by molar-refractivity contribution is 0.198. The van der Waals surface area contributed by atoms with Gasteiger partial charge in [-0.3, -0.25) is 0 Å². The monoisotopic (exact) mass is 289 g/mol. The number of halogens is 1. The van der Waals surface area contributed by atoms with Crippen molar-refractivity contribution in [3.05, 3.63) is 36.3 Å². The molecule has 5 nitrogen and oxygen atoms in total. The molecule has 1 aromatic heterocycles. The minimum absolute atomic E-state index is 0.302. The molecule has 1 aliphatic heterocycles. The fourth-order valence-electron chi connectivity index (χ4n) is 2.41. The summed E-state index contributed by atoms with van der Waals surface area (Å²) in [5.74, 6) is 1.16. The third kappa shape index (κ3) is 2.80. The molecule has 2 aromatic rings. The Kier molecular flexibility index (Phi) is 3.70. The predicted octanol–water partition coefficient (Wildman–Crippen LogP) is 1.86. The number of aliphatic hydroxyl groups is 1. The highest BCUT2D eigenvalue weighted by molar-refractivity contribution is 5.60. The van der Waals surface area contributed by atoms with E-state index in [1.54, 1.807) is 24.4 Å². The number of hydrogen-bond donors (Lipinski definition) is 1. The Labute approximate surface area is 122 Å². The van der Waals surface area contributed by atoms with Crippen molar-refractivity contribution in [3.8, 4) is 17.1 Å². The molecule has 1 atom stereocenters. The quantitative estimate of drug-likeness (QED) is 0.934. The number of rotatable bonds is 3. The molecule has 21 heavy (non-hydrogen) atoms. The SMILES string of the molecule is COc1ccc(F)c(-c2nccc(N3CC[C@H](O)C3)n2)c1. The first-order valence-corrected chi connectivity index (χ1v) is 6.77. The Bertz CT molecular complexity index is 651. The van der Waals surface area contributed by atoms with Crippen LogP contribution in [0.15, 0.2) is 30.5 Å². The molecule has 1 N–H and O–H groups in total. The van der Waals surface area contributed by atoms with Gasteiger partial charge >= 0.3 is 0 Å². The fraction of sp³-hybridized carbons (Fsp3) is 0.333. The predicted molar refractivity (Wildman–Crippen MR) is 76.8 cm³/mol. The molecule has 2 heterocycles. The Morgan fingerprint density at radius 1 is 1.38 bits per heavy atom. The average molecular weight is 289 g/mol. The van der Waals surface area contributed by atoms with E-state index in [4.69, 9.17) is 4.74 Å². The highest BCUT2D eigenvalue weighted by Gasteiger charge is 2.22. The standard InChI is InChI=1S/C15H16FN3O2/c1-21-11-2-3-13(16)12(8-11)15-17-6-4-14(18-15)19-7-5-10(20)9-19/h2-4,6,8,10,20H,5,7,9H2,1H3/t10-/m0/s1. The zero-order valence-corrected chi connectivity index (χ0v) is 11.7. The number of benzene rings is 1. The van der Waals surface area contributed by atoms with Gasteiger partial charge in [0.25, 0.3) is 0 Å². The fourth-order valence-corrected chi connectivity index (χ4v) is 2.41. The van der Waals surface area contributed by atoms with Crippen molar-refractivity contribution in [1.29, 1.82) is 0 Å². The van der Waals surface area contributed by atoms with E-state index in [1.807, 2.05) is 4.90 Å². The van der Waals surface area contributed by atoms with E-state index >= 15 is 0 Å². The van der Waals surface area contributed by atoms with E-state index < -0.39 is 5.82 Å². The third-order valence-electron chi connectivity index (χ3n) is 3.54. The van der Waals surface area contributed by atoms with E-state index in [0.29, 0.717) is 35.9 Å². The van der Waals surface area contributed by atoms with Crippen LogP contribution in [-0.2, 0) is 0 Å². The normalized spacial score (nSPS) is 18.0. The summed E-state index contributed by atoms with van der Waals surface area (Å²) in [5.41, 5.74) is 0.302. The lowest BCUT2D eigenvalue weighted by atomic mass is 10.2. The van der Waals surface area contributed by atoms with Crippen LogP contribution in [0.1, 0.15) is 6.42 Å². The second-order valence-electron chi connectivity index (χ2n) is 4.97. The van der Waals surface area contributed by atoms with Gasteiger partial charge in [0.2, 0.25) is 0 Å². The van der Waals surface area contributed by atoms with Crippen LogP contribution in [0.2, 0.25) is 0 Å². The first-order chi connectivity index (χ1) is 10.2. The summed E-state index contributed by atoms with van der Waals surface area (Å²) in [5, 5.41) is 9.60. The summed E-state index contributed by atoms with van der Waals surface area (Å²) < 4.78 is 19.1. The van der Waals surface area contributed by atoms with Crippen LogP contribution in [0, 0.1) is 5.82 Å². The van der Waals surface area contributed by atoms with Gasteiger partial charge in [0, 0.05) is 19.3 Å². The lowest BCUT2D eigenvalue weighted by Gasteiger charge is -2.17. The molecular weight excluding hydrogens is 273 g/mol. The van der Waals surface area contributed by atoms with Crippen molar-refractivity contribution < 1.29 is 14.2 Å². The van der Waals surface area contributed by atoms with Crippen LogP contribution in [0.25, 0.3) is 11.4 Å². The molecule has 110 valence electrons. The van der Waals surface area contributed by atoms with Crippen LogP contribution < -0.4 is 9.64 Å². The van der Waals surface area contributed by atoms with Crippen molar-refractivity contribution in [3.63, 3.8) is 0 Å². The molecule has 0 bridgehead atoms. The second-order valence-corrected chi connectivity index (χ2v) is 4.97. The molecular formula is C15H16FN3O2. The molecule has 0 aliphatic carbocycles. The highest BCUT2D eigenvalue weighted by atomic mass is 19.1. The molecule has 1 fully saturated rings. The molecule has 1 saturated heterocycles. The number of methoxy groups -OCH3 is 1. The topological polar surface area (TPSA) is 58.5 Å². The molecule has 0 amide bonds. The maximum Gasteiger partial charge on any atom is 0.164 e. The van der Waals surface area contributed by atoms with Gasteiger partial charge in [0.15, 0.2) is 5.82 Å². The van der Waals surface area contributed by atoms with E-state index in [0.717, 1.165) is 6.54 Å². The van der Waals surface area contributed by atoms with E-state index in [2.05, 4.69) is 9.97 Å². The third-order valence-corrected chi connectivity index (χ3v) is 3.54. The molecule has 0 saturated carbocycles. The second kappa shape index (κ2) is 5.65. The Morgan fingerprint density at radius 2 is 2.24 bits per heavy atom. The summed E-state index contributed by atoms with van der Waals surface area (Å²) in [4.78, 5) is 10.5. The lowest BCUT2D eigenvalue weighted by Crippen LogP contribution is -2.22. The smallest absolute Gasteiger partial charge is 0.164 e. The van der Waals surface area contributed by atoms with Crippen molar-refractivity contribution in [2.24, 2.45) is 0 Å². The minimum Gasteiger partial charge on any atom is -0.497 e. The average Bonchev–Trinajstić information content (AvgIpc) is 2.94. The van der Waals surface area contributed by atoms with Crippen molar-refractivity contribution >= 4 is 5.82 Å². The van der Waals surface area contributed by atoms with Crippen molar-refractivity contribution in [1.82, 2.24) is 9.97 Å². The minimum atomic E-state index is -0.394. The van der Waals surface area contributed by atoms with Gasteiger partial charge in [-0.1, -0.05) is 0 Å². The number of aromatic nitrogens is 2. The number of ether oxygens (including phenoxy) is 1. The maximum absolute atomic E-state index is 14.0. The molecule has 0 unspecified atom stereocenters. The Balaban J connectivity index is 1.96. The van der Waals surface area contributed by atoms with Gasteiger partial charge in [0.05, 0.1) is 18.8 Å². The van der Waals surface area contributed by atoms with Crippen LogP contribution in [-0.4, -0.2) is 41.4 Å². The molecule has 1 aromatic carbocycles. The molecule has 0 spiro atoms. The zero-order valence-electron chi connectivity index (χ0n) is 11.7. The number of nitrogens with zero attached hydrogens (tertiary/aromatic N) is 3. The highest BCUT2D eigenvalue weighted by Crippen LogP contribution is 2.26. The Morgan fingerprint density at radius 3 is 2.95 bits per heavy atom. The number of aliphatic hydroxyl groups excluding tert-OH is 1. The van der Waals surface area contributed by atoms with E-state index in [-0.39, 0.29) is 6.10 Å². The van der Waals surface area contributed by atoms with E-state index in [1.165, 1.54) is 13.2 Å².